The number of aromatic nitrogens is 2. The summed E-state index contributed by atoms with van der Waals surface area (Å²) in [5, 5.41) is 8.98. The van der Waals surface area contributed by atoms with Crippen LogP contribution in [0.4, 0.5) is 0 Å². The van der Waals surface area contributed by atoms with Gasteiger partial charge in [-0.25, -0.2) is 13.6 Å². The number of nitrogens with zero attached hydrogens (tertiary/aromatic N) is 2. The molecular formula is C13H17N3O4S. The molecule has 0 fully saturated rings. The van der Waals surface area contributed by atoms with E-state index in [1.807, 2.05) is 13.8 Å². The number of aryl methyl sites for hydroxylation is 1. The van der Waals surface area contributed by atoms with Crippen LogP contribution >= 0.6 is 0 Å². The summed E-state index contributed by atoms with van der Waals surface area (Å²) in [5.74, 6) is 1.15. The second-order valence-corrected chi connectivity index (χ2v) is 6.51. The van der Waals surface area contributed by atoms with Crippen molar-refractivity contribution >= 4 is 10.0 Å². The number of hydrogen-bond acceptors (Lipinski definition) is 6. The summed E-state index contributed by atoms with van der Waals surface area (Å²) in [7, 11) is -3.86. The van der Waals surface area contributed by atoms with E-state index in [-0.39, 0.29) is 29.1 Å². The summed E-state index contributed by atoms with van der Waals surface area (Å²) in [6.45, 7) is 5.62. The Morgan fingerprint density at radius 3 is 2.67 bits per heavy atom. The van der Waals surface area contributed by atoms with Gasteiger partial charge in [0.25, 0.3) is 5.89 Å². The average Bonchev–Trinajstić information content (AvgIpc) is 2.85. The van der Waals surface area contributed by atoms with E-state index in [9.17, 15) is 8.42 Å². The van der Waals surface area contributed by atoms with E-state index in [0.717, 1.165) is 5.56 Å². The number of hydrogen-bond donors (Lipinski definition) is 1. The molecule has 0 spiro atoms. The molecule has 1 aromatic heterocycles. The minimum Gasteiger partial charge on any atom is -0.482 e. The van der Waals surface area contributed by atoms with Crippen molar-refractivity contribution in [1.82, 2.24) is 10.1 Å². The van der Waals surface area contributed by atoms with Gasteiger partial charge in [-0.2, -0.15) is 4.98 Å². The third kappa shape index (κ3) is 3.79. The molecule has 114 valence electrons. The molecule has 0 radical (unpaired) electrons. The molecule has 0 saturated heterocycles. The van der Waals surface area contributed by atoms with Gasteiger partial charge in [0.05, 0.1) is 0 Å². The number of ether oxygens (including phenoxy) is 1. The fourth-order valence-corrected chi connectivity index (χ4v) is 2.42. The van der Waals surface area contributed by atoms with E-state index in [4.69, 9.17) is 14.4 Å². The molecular weight excluding hydrogens is 294 g/mol. The highest BCUT2D eigenvalue weighted by Crippen LogP contribution is 2.24. The molecule has 8 heteroatoms. The normalized spacial score (nSPS) is 11.9. The highest BCUT2D eigenvalue weighted by Gasteiger charge is 2.17. The van der Waals surface area contributed by atoms with E-state index >= 15 is 0 Å². The number of sulfonamides is 1. The lowest BCUT2D eigenvalue weighted by Gasteiger charge is -2.09. The summed E-state index contributed by atoms with van der Waals surface area (Å²) < 4.78 is 33.6. The first-order chi connectivity index (χ1) is 9.77. The van der Waals surface area contributed by atoms with Crippen LogP contribution in [0.1, 0.15) is 37.0 Å². The van der Waals surface area contributed by atoms with Crippen LogP contribution in [0, 0.1) is 6.92 Å². The van der Waals surface area contributed by atoms with Crippen LogP contribution < -0.4 is 9.88 Å². The zero-order valence-corrected chi connectivity index (χ0v) is 12.8. The second-order valence-electron chi connectivity index (χ2n) is 4.98. The average molecular weight is 311 g/mol. The van der Waals surface area contributed by atoms with Crippen LogP contribution in [0.3, 0.4) is 0 Å². The molecule has 0 atom stereocenters. The Balaban J connectivity index is 2.20. The number of primary sulfonamides is 1. The van der Waals surface area contributed by atoms with Crippen LogP contribution in [0.25, 0.3) is 0 Å². The van der Waals surface area contributed by atoms with Gasteiger partial charge in [-0.3, -0.25) is 0 Å². The molecule has 0 saturated carbocycles. The van der Waals surface area contributed by atoms with Crippen molar-refractivity contribution in [1.29, 1.82) is 0 Å². The van der Waals surface area contributed by atoms with Gasteiger partial charge in [-0.15, -0.1) is 0 Å². The maximum atomic E-state index is 11.6. The quantitative estimate of drug-likeness (QED) is 0.900. The maximum absolute atomic E-state index is 11.6. The fraction of sp³-hybridized carbons (Fsp3) is 0.385. The van der Waals surface area contributed by atoms with Crippen molar-refractivity contribution in [3.63, 3.8) is 0 Å². The highest BCUT2D eigenvalue weighted by atomic mass is 32.2. The van der Waals surface area contributed by atoms with Gasteiger partial charge < -0.3 is 9.26 Å². The molecule has 7 nitrogen and oxygen atoms in total. The van der Waals surface area contributed by atoms with Gasteiger partial charge in [0.1, 0.15) is 10.6 Å². The van der Waals surface area contributed by atoms with Crippen LogP contribution in [-0.4, -0.2) is 18.6 Å². The van der Waals surface area contributed by atoms with Gasteiger partial charge in [0, 0.05) is 5.92 Å². The van der Waals surface area contributed by atoms with Crippen molar-refractivity contribution in [3.8, 4) is 5.75 Å². The van der Waals surface area contributed by atoms with Crippen molar-refractivity contribution in [2.75, 3.05) is 0 Å². The molecule has 2 aromatic rings. The molecule has 0 aliphatic heterocycles. The predicted molar refractivity (Wildman–Crippen MR) is 75.3 cm³/mol. The summed E-state index contributed by atoms with van der Waals surface area (Å²) in [5.41, 5.74) is 0.770. The third-order valence-corrected chi connectivity index (χ3v) is 3.69. The van der Waals surface area contributed by atoms with Gasteiger partial charge in [-0.1, -0.05) is 25.1 Å². The lowest BCUT2D eigenvalue weighted by atomic mass is 10.2. The SMILES string of the molecule is Cc1ccc(OCc2nc(C(C)C)no2)c(S(N)(=O)=O)c1. The Labute approximate surface area is 123 Å². The van der Waals surface area contributed by atoms with E-state index in [0.29, 0.717) is 5.82 Å². The topological polar surface area (TPSA) is 108 Å². The molecule has 1 heterocycles. The van der Waals surface area contributed by atoms with Gasteiger partial charge in [0.15, 0.2) is 12.4 Å². The van der Waals surface area contributed by atoms with Crippen molar-refractivity contribution in [2.24, 2.45) is 5.14 Å². The van der Waals surface area contributed by atoms with Crippen LogP contribution in [0.2, 0.25) is 0 Å². The Morgan fingerprint density at radius 1 is 1.38 bits per heavy atom. The first kappa shape index (κ1) is 15.5. The largest absolute Gasteiger partial charge is 0.482 e. The Bertz CT molecular complexity index is 738. The van der Waals surface area contributed by atoms with Gasteiger partial charge >= 0.3 is 0 Å². The lowest BCUT2D eigenvalue weighted by Crippen LogP contribution is -2.14. The molecule has 0 bridgehead atoms. The summed E-state index contributed by atoms with van der Waals surface area (Å²) in [6, 6.07) is 4.74. The zero-order valence-electron chi connectivity index (χ0n) is 12.0. The lowest BCUT2D eigenvalue weighted by molar-refractivity contribution is 0.237. The molecule has 0 aliphatic rings. The Hall–Kier alpha value is -1.93. The zero-order chi connectivity index (χ0) is 15.6. The minimum atomic E-state index is -3.86. The Kier molecular flexibility index (Phi) is 4.29. The molecule has 0 unspecified atom stereocenters. The van der Waals surface area contributed by atoms with Crippen molar-refractivity contribution in [2.45, 2.75) is 38.2 Å². The van der Waals surface area contributed by atoms with Crippen molar-refractivity contribution in [3.05, 3.63) is 35.5 Å². The minimum absolute atomic E-state index is 0.0225. The molecule has 21 heavy (non-hydrogen) atoms. The summed E-state index contributed by atoms with van der Waals surface area (Å²) in [4.78, 5) is 4.09. The van der Waals surface area contributed by atoms with Crippen molar-refractivity contribution < 1.29 is 17.7 Å². The van der Waals surface area contributed by atoms with E-state index < -0.39 is 10.0 Å². The van der Waals surface area contributed by atoms with E-state index in [1.54, 1.807) is 19.1 Å². The van der Waals surface area contributed by atoms with Crippen LogP contribution in [-0.2, 0) is 16.6 Å². The van der Waals surface area contributed by atoms with Crippen LogP contribution in [0.15, 0.2) is 27.6 Å². The van der Waals surface area contributed by atoms with Gasteiger partial charge in [0.2, 0.25) is 10.0 Å². The second kappa shape index (κ2) is 5.82. The number of rotatable bonds is 5. The van der Waals surface area contributed by atoms with Crippen LogP contribution in [0.5, 0.6) is 5.75 Å². The standard InChI is InChI=1S/C13H17N3O4S/c1-8(2)13-15-12(20-16-13)7-19-10-5-4-9(3)6-11(10)21(14,17)18/h4-6,8H,7H2,1-3H3,(H2,14,17,18). The number of nitrogens with two attached hydrogens (primary N) is 1. The predicted octanol–water partition coefficient (Wildman–Crippen LogP) is 1.73. The Morgan fingerprint density at radius 2 is 2.10 bits per heavy atom. The smallest absolute Gasteiger partial charge is 0.264 e. The molecule has 0 aliphatic carbocycles. The third-order valence-electron chi connectivity index (χ3n) is 2.76. The maximum Gasteiger partial charge on any atom is 0.264 e. The summed E-state index contributed by atoms with van der Waals surface area (Å²) >= 11 is 0. The molecule has 2 rings (SSSR count). The van der Waals surface area contributed by atoms with Gasteiger partial charge in [-0.05, 0) is 24.6 Å². The summed E-state index contributed by atoms with van der Waals surface area (Å²) in [6.07, 6.45) is 0. The van der Waals surface area contributed by atoms with E-state index in [2.05, 4.69) is 10.1 Å². The first-order valence-electron chi connectivity index (χ1n) is 6.36. The molecule has 1 aromatic carbocycles. The monoisotopic (exact) mass is 311 g/mol. The molecule has 0 amide bonds. The number of benzene rings is 1. The first-order valence-corrected chi connectivity index (χ1v) is 7.90. The molecule has 2 N–H and O–H groups in total. The van der Waals surface area contributed by atoms with E-state index in [1.165, 1.54) is 6.07 Å². The fourth-order valence-electron chi connectivity index (χ4n) is 1.66. The highest BCUT2D eigenvalue weighted by molar-refractivity contribution is 7.89.